The first-order valence-corrected chi connectivity index (χ1v) is 7.48. The molecule has 1 aliphatic carbocycles. The smallest absolute Gasteiger partial charge is 0.165 e. The average molecular weight is 253 g/mol. The van der Waals surface area contributed by atoms with E-state index in [4.69, 9.17) is 0 Å². The molecule has 0 saturated heterocycles. The van der Waals surface area contributed by atoms with Crippen molar-refractivity contribution in [3.8, 4) is 0 Å². The normalized spacial score (nSPS) is 33.8. The van der Waals surface area contributed by atoms with Gasteiger partial charge in [0.15, 0.2) is 5.16 Å². The molecule has 4 unspecified atom stereocenters. The van der Waals surface area contributed by atoms with Gasteiger partial charge in [-0.25, -0.2) is 4.98 Å². The molecule has 0 aromatic carbocycles. The van der Waals surface area contributed by atoms with E-state index >= 15 is 0 Å². The zero-order chi connectivity index (χ0) is 12.3. The average Bonchev–Trinajstić information content (AvgIpc) is 2.76. The molecule has 4 atom stereocenters. The van der Waals surface area contributed by atoms with Crippen LogP contribution in [0, 0.1) is 11.8 Å². The minimum absolute atomic E-state index is 0.619. The number of rotatable bonds is 4. The van der Waals surface area contributed by atoms with Crippen LogP contribution < -0.4 is 5.32 Å². The minimum Gasteiger partial charge on any atom is -0.340 e. The summed E-state index contributed by atoms with van der Waals surface area (Å²) in [6.07, 6.45) is 6.36. The topological polar surface area (TPSA) is 40.7 Å². The second kappa shape index (κ2) is 5.91. The van der Waals surface area contributed by atoms with Gasteiger partial charge >= 0.3 is 0 Å². The maximum atomic E-state index is 4.34. The van der Waals surface area contributed by atoms with E-state index in [1.165, 1.54) is 12.8 Å². The van der Waals surface area contributed by atoms with Gasteiger partial charge in [-0.2, -0.15) is 0 Å². The van der Waals surface area contributed by atoms with Crippen LogP contribution in [0.5, 0.6) is 0 Å². The van der Waals surface area contributed by atoms with Crippen molar-refractivity contribution in [1.29, 1.82) is 0 Å². The minimum atomic E-state index is 0.619. The van der Waals surface area contributed by atoms with Crippen LogP contribution in [0.2, 0.25) is 0 Å². The Kier molecular flexibility index (Phi) is 4.51. The Morgan fingerprint density at radius 2 is 2.29 bits per heavy atom. The van der Waals surface area contributed by atoms with E-state index in [0.29, 0.717) is 11.3 Å². The molecule has 1 saturated carbocycles. The summed E-state index contributed by atoms with van der Waals surface area (Å²) in [7, 11) is 0. The van der Waals surface area contributed by atoms with Gasteiger partial charge in [0.25, 0.3) is 0 Å². The van der Waals surface area contributed by atoms with Crippen molar-refractivity contribution in [2.45, 2.75) is 50.1 Å². The lowest BCUT2D eigenvalue weighted by Crippen LogP contribution is -2.46. The highest BCUT2D eigenvalue weighted by molar-refractivity contribution is 7.99. The molecule has 0 bridgehead atoms. The van der Waals surface area contributed by atoms with Crippen LogP contribution >= 0.6 is 11.8 Å². The van der Waals surface area contributed by atoms with Gasteiger partial charge in [0.05, 0.1) is 0 Å². The second-order valence-corrected chi connectivity index (χ2v) is 6.36. The van der Waals surface area contributed by atoms with Gasteiger partial charge in [-0.05, 0) is 31.2 Å². The first-order valence-electron chi connectivity index (χ1n) is 6.60. The summed E-state index contributed by atoms with van der Waals surface area (Å²) >= 11 is 1.90. The van der Waals surface area contributed by atoms with Crippen LogP contribution in [0.25, 0.3) is 0 Å². The van der Waals surface area contributed by atoms with E-state index in [1.54, 1.807) is 0 Å². The summed E-state index contributed by atoms with van der Waals surface area (Å²) in [4.78, 5) is 7.54. The molecule has 0 spiro atoms. The molecule has 17 heavy (non-hydrogen) atoms. The Morgan fingerprint density at radius 3 is 2.94 bits per heavy atom. The van der Waals surface area contributed by atoms with Gasteiger partial charge in [-0.15, -0.1) is 0 Å². The highest BCUT2D eigenvalue weighted by Crippen LogP contribution is 2.38. The van der Waals surface area contributed by atoms with Crippen molar-refractivity contribution in [2.75, 3.05) is 6.54 Å². The molecule has 2 rings (SSSR count). The first-order chi connectivity index (χ1) is 8.20. The monoisotopic (exact) mass is 253 g/mol. The largest absolute Gasteiger partial charge is 0.340 e. The molecule has 0 amide bonds. The SMILES string of the molecule is CCNC1CC(C)CC(C)C1Sc1ncc[nH]1. The fourth-order valence-electron chi connectivity index (χ4n) is 2.93. The maximum Gasteiger partial charge on any atom is 0.165 e. The molecular weight excluding hydrogens is 230 g/mol. The number of hydrogen-bond acceptors (Lipinski definition) is 3. The molecule has 1 heterocycles. The summed E-state index contributed by atoms with van der Waals surface area (Å²) < 4.78 is 0. The molecule has 2 N–H and O–H groups in total. The van der Waals surface area contributed by atoms with Crippen LogP contribution in [0.15, 0.2) is 17.6 Å². The molecule has 0 radical (unpaired) electrons. The predicted octanol–water partition coefficient (Wildman–Crippen LogP) is 2.91. The van der Waals surface area contributed by atoms with Crippen LogP contribution in [0.1, 0.15) is 33.6 Å². The van der Waals surface area contributed by atoms with E-state index in [2.05, 4.69) is 36.1 Å². The maximum absolute atomic E-state index is 4.34. The third-order valence-corrected chi connectivity index (χ3v) is 5.09. The lowest BCUT2D eigenvalue weighted by molar-refractivity contribution is 0.251. The lowest BCUT2D eigenvalue weighted by atomic mass is 9.80. The second-order valence-electron chi connectivity index (χ2n) is 5.19. The Morgan fingerprint density at radius 1 is 1.47 bits per heavy atom. The van der Waals surface area contributed by atoms with Gasteiger partial charge in [-0.1, -0.05) is 32.5 Å². The molecule has 1 aliphatic rings. The van der Waals surface area contributed by atoms with E-state index in [1.807, 2.05) is 24.2 Å². The van der Waals surface area contributed by atoms with Crippen molar-refractivity contribution in [2.24, 2.45) is 11.8 Å². The van der Waals surface area contributed by atoms with Crippen molar-refractivity contribution in [3.05, 3.63) is 12.4 Å². The Balaban J connectivity index is 2.04. The summed E-state index contributed by atoms with van der Waals surface area (Å²) in [5, 5.41) is 5.34. The predicted molar refractivity (Wildman–Crippen MR) is 73.3 cm³/mol. The molecule has 1 aromatic heterocycles. The fraction of sp³-hybridized carbons (Fsp3) is 0.769. The quantitative estimate of drug-likeness (QED) is 0.867. The Labute approximate surface area is 108 Å². The zero-order valence-electron chi connectivity index (χ0n) is 10.9. The number of aromatic amines is 1. The van der Waals surface area contributed by atoms with Crippen LogP contribution in [-0.4, -0.2) is 27.8 Å². The van der Waals surface area contributed by atoms with Crippen LogP contribution in [0.4, 0.5) is 0 Å². The summed E-state index contributed by atoms with van der Waals surface area (Å²) in [5.74, 6) is 1.58. The lowest BCUT2D eigenvalue weighted by Gasteiger charge is -2.39. The summed E-state index contributed by atoms with van der Waals surface area (Å²) in [5.41, 5.74) is 0. The zero-order valence-corrected chi connectivity index (χ0v) is 11.8. The standard InChI is InChI=1S/C13H23N3S/c1-4-14-11-8-9(2)7-10(3)12(11)17-13-15-5-6-16-13/h5-6,9-12,14H,4,7-8H2,1-3H3,(H,15,16). The third-order valence-electron chi connectivity index (χ3n) is 3.58. The van der Waals surface area contributed by atoms with Crippen molar-refractivity contribution < 1.29 is 0 Å². The van der Waals surface area contributed by atoms with E-state index in [0.717, 1.165) is 23.5 Å². The van der Waals surface area contributed by atoms with E-state index in [9.17, 15) is 0 Å². The molecular formula is C13H23N3S. The van der Waals surface area contributed by atoms with Gasteiger partial charge in [-0.3, -0.25) is 0 Å². The van der Waals surface area contributed by atoms with Gasteiger partial charge in [0, 0.05) is 23.7 Å². The Bertz CT molecular complexity index is 325. The molecule has 96 valence electrons. The van der Waals surface area contributed by atoms with Crippen LogP contribution in [0.3, 0.4) is 0 Å². The summed E-state index contributed by atoms with van der Waals surface area (Å²) in [6, 6.07) is 0.619. The molecule has 1 fully saturated rings. The van der Waals surface area contributed by atoms with Gasteiger partial charge in [0.2, 0.25) is 0 Å². The number of aromatic nitrogens is 2. The van der Waals surface area contributed by atoms with E-state index in [-0.39, 0.29) is 0 Å². The number of thioether (sulfide) groups is 1. The van der Waals surface area contributed by atoms with E-state index < -0.39 is 0 Å². The fourth-order valence-corrected chi connectivity index (χ4v) is 4.16. The van der Waals surface area contributed by atoms with Gasteiger partial charge in [0.1, 0.15) is 0 Å². The van der Waals surface area contributed by atoms with Crippen molar-refractivity contribution >= 4 is 11.8 Å². The first kappa shape index (κ1) is 13.0. The van der Waals surface area contributed by atoms with Crippen molar-refractivity contribution in [3.63, 3.8) is 0 Å². The Hall–Kier alpha value is -0.480. The number of nitrogens with zero attached hydrogens (tertiary/aromatic N) is 1. The molecule has 0 aliphatic heterocycles. The molecule has 4 heteroatoms. The number of nitrogens with one attached hydrogen (secondary N) is 2. The molecule has 3 nitrogen and oxygen atoms in total. The van der Waals surface area contributed by atoms with Crippen LogP contribution in [-0.2, 0) is 0 Å². The third kappa shape index (κ3) is 3.26. The number of imidazole rings is 1. The number of H-pyrrole nitrogens is 1. The number of hydrogen-bond donors (Lipinski definition) is 2. The highest BCUT2D eigenvalue weighted by Gasteiger charge is 2.34. The van der Waals surface area contributed by atoms with Crippen molar-refractivity contribution in [1.82, 2.24) is 15.3 Å². The highest BCUT2D eigenvalue weighted by atomic mass is 32.2. The summed E-state index contributed by atoms with van der Waals surface area (Å²) in [6.45, 7) is 7.99. The molecule has 1 aromatic rings. The van der Waals surface area contributed by atoms with Gasteiger partial charge < -0.3 is 10.3 Å².